The molecule has 3 heterocycles. The molecule has 3 aromatic rings. The van der Waals surface area contributed by atoms with Crippen LogP contribution < -0.4 is 5.73 Å². The van der Waals surface area contributed by atoms with E-state index >= 15 is 0 Å². The number of aryl methyl sites for hydroxylation is 2. The molecule has 8 heteroatoms. The van der Waals surface area contributed by atoms with Crippen LogP contribution in [0.5, 0.6) is 0 Å². The number of aromatic nitrogens is 2. The van der Waals surface area contributed by atoms with Gasteiger partial charge in [-0.2, -0.15) is 5.10 Å². The quantitative estimate of drug-likeness (QED) is 0.748. The van der Waals surface area contributed by atoms with Crippen molar-refractivity contribution in [1.82, 2.24) is 15.1 Å². The minimum absolute atomic E-state index is 0.170. The Bertz CT molecular complexity index is 1060. The zero-order chi connectivity index (χ0) is 19.3. The Morgan fingerprint density at radius 2 is 2.07 bits per heavy atom. The molecule has 27 heavy (non-hydrogen) atoms. The van der Waals surface area contributed by atoms with E-state index < -0.39 is 5.60 Å². The summed E-state index contributed by atoms with van der Waals surface area (Å²) in [4.78, 5) is 15.8. The number of hydrogen-bond acceptors (Lipinski definition) is 6. The molecule has 1 aliphatic heterocycles. The van der Waals surface area contributed by atoms with Gasteiger partial charge in [-0.1, -0.05) is 12.1 Å². The first-order chi connectivity index (χ1) is 12.9. The number of rotatable bonds is 3. The minimum Gasteiger partial charge on any atom is -0.397 e. The van der Waals surface area contributed by atoms with Crippen molar-refractivity contribution in [2.75, 3.05) is 25.9 Å². The molecular formula is C19H19FN4O2S. The first-order valence-electron chi connectivity index (χ1n) is 8.48. The van der Waals surface area contributed by atoms with Gasteiger partial charge in [0.2, 0.25) is 0 Å². The second-order valence-corrected chi connectivity index (χ2v) is 7.80. The molecule has 1 aliphatic rings. The van der Waals surface area contributed by atoms with Gasteiger partial charge < -0.3 is 15.4 Å². The molecule has 2 aromatic heterocycles. The lowest BCUT2D eigenvalue weighted by atomic mass is 9.85. The van der Waals surface area contributed by atoms with E-state index in [1.54, 1.807) is 18.1 Å². The van der Waals surface area contributed by atoms with Gasteiger partial charge in [0.25, 0.3) is 5.91 Å². The van der Waals surface area contributed by atoms with E-state index in [0.29, 0.717) is 28.5 Å². The van der Waals surface area contributed by atoms with Gasteiger partial charge in [0, 0.05) is 12.5 Å². The maximum Gasteiger partial charge on any atom is 0.266 e. The molecule has 0 aliphatic carbocycles. The van der Waals surface area contributed by atoms with Crippen molar-refractivity contribution < 1.29 is 13.9 Å². The lowest BCUT2D eigenvalue weighted by Gasteiger charge is -2.49. The maximum absolute atomic E-state index is 13.6. The molecular weight excluding hydrogens is 367 g/mol. The third-order valence-electron chi connectivity index (χ3n) is 5.25. The highest BCUT2D eigenvalue weighted by Crippen LogP contribution is 2.40. The summed E-state index contributed by atoms with van der Waals surface area (Å²) in [5.74, 6) is -0.497. The van der Waals surface area contributed by atoms with E-state index in [4.69, 9.17) is 10.5 Å². The van der Waals surface area contributed by atoms with Crippen LogP contribution in [-0.2, 0) is 10.3 Å². The van der Waals surface area contributed by atoms with Gasteiger partial charge in [0.05, 0.1) is 24.5 Å². The summed E-state index contributed by atoms with van der Waals surface area (Å²) in [7, 11) is 1.57. The van der Waals surface area contributed by atoms with Crippen LogP contribution in [-0.4, -0.2) is 41.2 Å². The fraction of sp³-hybridized carbons (Fsp3) is 0.316. The molecule has 140 valence electrons. The van der Waals surface area contributed by atoms with Crippen LogP contribution in [0.25, 0.3) is 10.2 Å². The summed E-state index contributed by atoms with van der Waals surface area (Å²) < 4.78 is 19.2. The first kappa shape index (κ1) is 17.8. The summed E-state index contributed by atoms with van der Waals surface area (Å²) in [6.45, 7) is 4.46. The van der Waals surface area contributed by atoms with Gasteiger partial charge in [-0.15, -0.1) is 16.4 Å². The molecule has 1 fully saturated rings. The Morgan fingerprint density at radius 1 is 1.33 bits per heavy atom. The largest absolute Gasteiger partial charge is 0.397 e. The minimum atomic E-state index is -0.699. The number of fused-ring (bicyclic) bond motifs is 1. The number of amides is 1. The monoisotopic (exact) mass is 386 g/mol. The number of halogens is 1. The van der Waals surface area contributed by atoms with Crippen molar-refractivity contribution in [3.8, 4) is 0 Å². The van der Waals surface area contributed by atoms with Crippen LogP contribution in [0.4, 0.5) is 10.1 Å². The van der Waals surface area contributed by atoms with E-state index in [9.17, 15) is 9.18 Å². The molecule has 0 spiro atoms. The van der Waals surface area contributed by atoms with Crippen molar-refractivity contribution in [3.05, 3.63) is 51.8 Å². The highest BCUT2D eigenvalue weighted by Gasteiger charge is 2.48. The Kier molecular flexibility index (Phi) is 4.12. The number of nitrogens with two attached hydrogens (primary N) is 1. The molecule has 0 saturated carbocycles. The van der Waals surface area contributed by atoms with Gasteiger partial charge >= 0.3 is 0 Å². The van der Waals surface area contributed by atoms with E-state index in [1.165, 1.54) is 23.5 Å². The van der Waals surface area contributed by atoms with E-state index in [1.807, 2.05) is 19.9 Å². The predicted molar refractivity (Wildman–Crippen MR) is 102 cm³/mol. The molecule has 6 nitrogen and oxygen atoms in total. The van der Waals surface area contributed by atoms with Gasteiger partial charge in [-0.05, 0) is 37.1 Å². The standard InChI is InChI=1S/C19H19FN4O2S/c1-10-11(2)22-23-17-14(10)15(21)16(27-17)18(25)24-8-19(9-24,26-3)12-5-4-6-13(20)7-12/h4-7H,8-9,21H2,1-3H3. The molecule has 1 saturated heterocycles. The summed E-state index contributed by atoms with van der Waals surface area (Å²) in [6, 6.07) is 6.28. The number of ether oxygens (including phenoxy) is 1. The maximum atomic E-state index is 13.6. The number of likely N-dealkylation sites (tertiary alicyclic amines) is 1. The number of benzene rings is 1. The van der Waals surface area contributed by atoms with Crippen molar-refractivity contribution in [2.24, 2.45) is 0 Å². The Labute approximate surface area is 159 Å². The number of methoxy groups -OCH3 is 1. The summed E-state index contributed by atoms with van der Waals surface area (Å²) >= 11 is 1.25. The summed E-state index contributed by atoms with van der Waals surface area (Å²) in [5.41, 5.74) is 8.46. The zero-order valence-corrected chi connectivity index (χ0v) is 16.1. The van der Waals surface area contributed by atoms with Gasteiger partial charge in [0.1, 0.15) is 21.1 Å². The number of carbonyl (C=O) groups is 1. The van der Waals surface area contributed by atoms with Gasteiger partial charge in [-0.25, -0.2) is 4.39 Å². The second-order valence-electron chi connectivity index (χ2n) is 6.81. The van der Waals surface area contributed by atoms with Crippen LogP contribution in [0.2, 0.25) is 0 Å². The lowest BCUT2D eigenvalue weighted by Crippen LogP contribution is -2.62. The summed E-state index contributed by atoms with van der Waals surface area (Å²) in [5, 5.41) is 9.06. The molecule has 1 aromatic carbocycles. The van der Waals surface area contributed by atoms with Crippen molar-refractivity contribution >= 4 is 33.1 Å². The van der Waals surface area contributed by atoms with Crippen molar-refractivity contribution in [2.45, 2.75) is 19.4 Å². The molecule has 4 rings (SSSR count). The average molecular weight is 386 g/mol. The van der Waals surface area contributed by atoms with Crippen LogP contribution in [0.3, 0.4) is 0 Å². The Hall–Kier alpha value is -2.58. The molecule has 0 radical (unpaired) electrons. The normalized spacial score (nSPS) is 15.8. The van der Waals surface area contributed by atoms with E-state index in [-0.39, 0.29) is 11.7 Å². The number of hydrogen-bond donors (Lipinski definition) is 1. The topological polar surface area (TPSA) is 81.3 Å². The smallest absolute Gasteiger partial charge is 0.266 e. The van der Waals surface area contributed by atoms with E-state index in [0.717, 1.165) is 22.2 Å². The predicted octanol–water partition coefficient (Wildman–Crippen LogP) is 3.03. The molecule has 0 atom stereocenters. The third kappa shape index (κ3) is 2.67. The first-order valence-corrected chi connectivity index (χ1v) is 9.30. The van der Waals surface area contributed by atoms with Crippen LogP contribution in [0.15, 0.2) is 24.3 Å². The number of nitrogen functional groups attached to an aromatic ring is 1. The number of carbonyl (C=O) groups excluding carboxylic acids is 1. The fourth-order valence-corrected chi connectivity index (χ4v) is 4.53. The summed E-state index contributed by atoms with van der Waals surface area (Å²) in [6.07, 6.45) is 0. The van der Waals surface area contributed by atoms with Crippen molar-refractivity contribution in [1.29, 1.82) is 0 Å². The van der Waals surface area contributed by atoms with Gasteiger partial charge in [0.15, 0.2) is 0 Å². The Balaban J connectivity index is 1.63. The Morgan fingerprint density at radius 3 is 2.74 bits per heavy atom. The molecule has 0 unspecified atom stereocenters. The lowest BCUT2D eigenvalue weighted by molar-refractivity contribution is -0.114. The average Bonchev–Trinajstić information content (AvgIpc) is 2.95. The van der Waals surface area contributed by atoms with Crippen LogP contribution in [0, 0.1) is 19.7 Å². The fourth-order valence-electron chi connectivity index (χ4n) is 3.46. The molecule has 1 amide bonds. The molecule has 2 N–H and O–H groups in total. The molecule has 0 bridgehead atoms. The van der Waals surface area contributed by atoms with E-state index in [2.05, 4.69) is 10.2 Å². The van der Waals surface area contributed by atoms with Crippen LogP contribution >= 0.6 is 11.3 Å². The van der Waals surface area contributed by atoms with Crippen molar-refractivity contribution in [3.63, 3.8) is 0 Å². The number of anilines is 1. The van der Waals surface area contributed by atoms with Gasteiger partial charge in [-0.3, -0.25) is 4.79 Å². The highest BCUT2D eigenvalue weighted by molar-refractivity contribution is 7.21. The second kappa shape index (κ2) is 6.24. The third-order valence-corrected chi connectivity index (χ3v) is 6.33. The van der Waals surface area contributed by atoms with Crippen LogP contribution in [0.1, 0.15) is 26.5 Å². The number of nitrogens with zero attached hydrogens (tertiary/aromatic N) is 3. The highest BCUT2D eigenvalue weighted by atomic mass is 32.1. The number of thiophene rings is 1. The SMILES string of the molecule is COC1(c2cccc(F)c2)CN(C(=O)c2sc3nnc(C)c(C)c3c2N)C1. The zero-order valence-electron chi connectivity index (χ0n) is 15.2.